The van der Waals surface area contributed by atoms with E-state index in [1.807, 2.05) is 0 Å². The van der Waals surface area contributed by atoms with Crippen molar-refractivity contribution in [3.05, 3.63) is 41.3 Å². The van der Waals surface area contributed by atoms with Gasteiger partial charge in [-0.1, -0.05) is 0 Å². The fourth-order valence-corrected chi connectivity index (χ4v) is 1.96. The molecule has 0 spiro atoms. The average molecular weight is 273 g/mol. The van der Waals surface area contributed by atoms with Gasteiger partial charge in [0.15, 0.2) is 5.69 Å². The number of nitrogens with zero attached hydrogens (tertiary/aromatic N) is 2. The zero-order valence-electron chi connectivity index (χ0n) is 10.0. The van der Waals surface area contributed by atoms with Crippen LogP contribution in [-0.4, -0.2) is 9.78 Å². The molecule has 0 unspecified atom stereocenters. The van der Waals surface area contributed by atoms with Crippen molar-refractivity contribution in [2.24, 2.45) is 12.8 Å². The van der Waals surface area contributed by atoms with E-state index in [2.05, 4.69) is 5.10 Å². The fraction of sp³-hybridized carbons (Fsp3) is 0.250. The highest BCUT2D eigenvalue weighted by Gasteiger charge is 2.38. The highest BCUT2D eigenvalue weighted by molar-refractivity contribution is 5.65. The van der Waals surface area contributed by atoms with Crippen LogP contribution in [0.5, 0.6) is 0 Å². The van der Waals surface area contributed by atoms with E-state index >= 15 is 0 Å². The van der Waals surface area contributed by atoms with Gasteiger partial charge in [0, 0.05) is 24.7 Å². The van der Waals surface area contributed by atoms with E-state index in [9.17, 15) is 17.6 Å². The third-order valence-electron chi connectivity index (χ3n) is 2.74. The van der Waals surface area contributed by atoms with Crippen molar-refractivity contribution in [1.29, 1.82) is 0 Å². The van der Waals surface area contributed by atoms with Crippen LogP contribution in [-0.2, 0) is 19.8 Å². The van der Waals surface area contributed by atoms with E-state index in [1.165, 1.54) is 31.3 Å². The summed E-state index contributed by atoms with van der Waals surface area (Å²) in [6.07, 6.45) is -4.56. The quantitative estimate of drug-likeness (QED) is 0.855. The molecule has 0 radical (unpaired) electrons. The predicted octanol–water partition coefficient (Wildman–Crippen LogP) is 2.70. The normalized spacial score (nSPS) is 11.9. The Morgan fingerprint density at radius 3 is 2.26 bits per heavy atom. The molecule has 0 bridgehead atoms. The topological polar surface area (TPSA) is 43.8 Å². The van der Waals surface area contributed by atoms with Gasteiger partial charge >= 0.3 is 6.18 Å². The Morgan fingerprint density at radius 2 is 1.79 bits per heavy atom. The van der Waals surface area contributed by atoms with Gasteiger partial charge < -0.3 is 5.73 Å². The van der Waals surface area contributed by atoms with Crippen LogP contribution in [0.3, 0.4) is 0 Å². The minimum absolute atomic E-state index is 0.0957. The summed E-state index contributed by atoms with van der Waals surface area (Å²) in [5, 5.41) is 3.47. The molecular weight excluding hydrogens is 262 g/mol. The summed E-state index contributed by atoms with van der Waals surface area (Å²) in [6.45, 7) is -0.296. The monoisotopic (exact) mass is 273 g/mol. The highest BCUT2D eigenvalue weighted by atomic mass is 19.4. The van der Waals surface area contributed by atoms with Crippen LogP contribution in [0.4, 0.5) is 17.6 Å². The number of alkyl halides is 3. The molecule has 19 heavy (non-hydrogen) atoms. The molecule has 2 aromatic rings. The SMILES string of the molecule is Cn1nc(C(F)(F)F)c(CN)c1-c1ccc(F)cc1. The smallest absolute Gasteiger partial charge is 0.326 e. The molecule has 1 aromatic carbocycles. The van der Waals surface area contributed by atoms with Crippen molar-refractivity contribution in [2.45, 2.75) is 12.7 Å². The second-order valence-electron chi connectivity index (χ2n) is 4.01. The maximum atomic E-state index is 12.9. The van der Waals surface area contributed by atoms with Crippen LogP contribution < -0.4 is 5.73 Å². The van der Waals surface area contributed by atoms with Crippen LogP contribution in [0, 0.1) is 5.82 Å². The van der Waals surface area contributed by atoms with Gasteiger partial charge in [0.05, 0.1) is 5.69 Å². The van der Waals surface area contributed by atoms with Gasteiger partial charge in [-0.3, -0.25) is 4.68 Å². The standard InChI is InChI=1S/C12H11F4N3/c1-19-10(7-2-4-8(13)5-3-7)9(6-17)11(18-19)12(14,15)16/h2-5H,6,17H2,1H3. The average Bonchev–Trinajstić information content (AvgIpc) is 2.67. The number of aromatic nitrogens is 2. The first-order chi connectivity index (χ1) is 8.84. The summed E-state index contributed by atoms with van der Waals surface area (Å²) in [7, 11) is 1.40. The van der Waals surface area contributed by atoms with E-state index in [0.717, 1.165) is 4.68 Å². The largest absolute Gasteiger partial charge is 0.435 e. The summed E-state index contributed by atoms with van der Waals surface area (Å²) >= 11 is 0. The van der Waals surface area contributed by atoms with Crippen molar-refractivity contribution < 1.29 is 17.6 Å². The van der Waals surface area contributed by atoms with E-state index in [4.69, 9.17) is 5.73 Å². The molecule has 0 fully saturated rings. The number of hydrogen-bond acceptors (Lipinski definition) is 2. The van der Waals surface area contributed by atoms with E-state index in [1.54, 1.807) is 0 Å². The first-order valence-electron chi connectivity index (χ1n) is 5.43. The predicted molar refractivity (Wildman–Crippen MR) is 61.5 cm³/mol. The lowest BCUT2D eigenvalue weighted by Gasteiger charge is -2.07. The molecule has 2 N–H and O–H groups in total. The van der Waals surface area contributed by atoms with Crippen LogP contribution in [0.15, 0.2) is 24.3 Å². The van der Waals surface area contributed by atoms with Crippen molar-refractivity contribution in [2.75, 3.05) is 0 Å². The number of aryl methyl sites for hydroxylation is 1. The van der Waals surface area contributed by atoms with Gasteiger partial charge in [0.1, 0.15) is 5.82 Å². The lowest BCUT2D eigenvalue weighted by atomic mass is 10.1. The number of nitrogens with two attached hydrogens (primary N) is 1. The minimum Gasteiger partial charge on any atom is -0.326 e. The highest BCUT2D eigenvalue weighted by Crippen LogP contribution is 2.35. The van der Waals surface area contributed by atoms with Gasteiger partial charge in [-0.2, -0.15) is 18.3 Å². The summed E-state index contributed by atoms with van der Waals surface area (Å²) < 4.78 is 52.4. The molecule has 0 aliphatic carbocycles. The van der Waals surface area contributed by atoms with Gasteiger partial charge in [-0.05, 0) is 24.3 Å². The molecule has 0 atom stereocenters. The summed E-state index contributed by atoms with van der Waals surface area (Å²) in [6, 6.07) is 5.14. The lowest BCUT2D eigenvalue weighted by Crippen LogP contribution is -2.11. The van der Waals surface area contributed by atoms with E-state index in [-0.39, 0.29) is 17.8 Å². The van der Waals surface area contributed by atoms with Gasteiger partial charge in [-0.25, -0.2) is 4.39 Å². The van der Waals surface area contributed by atoms with Crippen LogP contribution in [0.25, 0.3) is 11.3 Å². The molecule has 0 saturated heterocycles. The maximum absolute atomic E-state index is 12.9. The summed E-state index contributed by atoms with van der Waals surface area (Å²) in [5.74, 6) is -0.462. The number of rotatable bonds is 2. The van der Waals surface area contributed by atoms with Crippen LogP contribution in [0.2, 0.25) is 0 Å². The molecule has 2 rings (SSSR count). The van der Waals surface area contributed by atoms with Crippen LogP contribution >= 0.6 is 0 Å². The van der Waals surface area contributed by atoms with Gasteiger partial charge in [-0.15, -0.1) is 0 Å². The molecule has 1 heterocycles. The summed E-state index contributed by atoms with van der Waals surface area (Å²) in [5.41, 5.74) is 4.99. The zero-order valence-corrected chi connectivity index (χ0v) is 10.0. The second-order valence-corrected chi connectivity index (χ2v) is 4.01. The molecule has 0 aliphatic heterocycles. The molecule has 1 aromatic heterocycles. The van der Waals surface area contributed by atoms with E-state index in [0.29, 0.717) is 5.56 Å². The first kappa shape index (κ1) is 13.5. The molecule has 3 nitrogen and oxygen atoms in total. The molecule has 0 amide bonds. The molecule has 7 heteroatoms. The molecule has 102 valence electrons. The van der Waals surface area contributed by atoms with Gasteiger partial charge in [0.2, 0.25) is 0 Å². The molecule has 0 aliphatic rings. The molecular formula is C12H11F4N3. The second kappa shape index (κ2) is 4.65. The fourth-order valence-electron chi connectivity index (χ4n) is 1.96. The zero-order chi connectivity index (χ0) is 14.2. The van der Waals surface area contributed by atoms with Gasteiger partial charge in [0.25, 0.3) is 0 Å². The number of hydrogen-bond donors (Lipinski definition) is 1. The third kappa shape index (κ3) is 2.46. The summed E-state index contributed by atoms with van der Waals surface area (Å²) in [4.78, 5) is 0. The Hall–Kier alpha value is -1.89. The van der Waals surface area contributed by atoms with Crippen molar-refractivity contribution in [3.8, 4) is 11.3 Å². The van der Waals surface area contributed by atoms with Crippen molar-refractivity contribution in [1.82, 2.24) is 9.78 Å². The van der Waals surface area contributed by atoms with Crippen molar-refractivity contribution >= 4 is 0 Å². The Labute approximate surface area is 106 Å². The maximum Gasteiger partial charge on any atom is 0.435 e. The number of benzene rings is 1. The Morgan fingerprint density at radius 1 is 1.21 bits per heavy atom. The third-order valence-corrected chi connectivity index (χ3v) is 2.74. The Balaban J connectivity index is 2.64. The van der Waals surface area contributed by atoms with Crippen LogP contribution in [0.1, 0.15) is 11.3 Å². The Kier molecular flexibility index (Phi) is 3.32. The van der Waals surface area contributed by atoms with E-state index < -0.39 is 17.7 Å². The minimum atomic E-state index is -4.56. The number of halogens is 4. The van der Waals surface area contributed by atoms with Crippen molar-refractivity contribution in [3.63, 3.8) is 0 Å². The first-order valence-corrected chi connectivity index (χ1v) is 5.43. The Bertz CT molecular complexity index is 584. The lowest BCUT2D eigenvalue weighted by molar-refractivity contribution is -0.142. The molecule has 0 saturated carbocycles.